The van der Waals surface area contributed by atoms with E-state index >= 15 is 0 Å². The van der Waals surface area contributed by atoms with Crippen LogP contribution in [-0.4, -0.2) is 28.2 Å². The van der Waals surface area contributed by atoms with Gasteiger partial charge in [-0.3, -0.25) is 4.18 Å². The molecule has 112 valence electrons. The van der Waals surface area contributed by atoms with E-state index in [0.29, 0.717) is 0 Å². The van der Waals surface area contributed by atoms with Gasteiger partial charge in [0, 0.05) is 7.11 Å². The van der Waals surface area contributed by atoms with E-state index in [9.17, 15) is 8.42 Å². The van der Waals surface area contributed by atoms with Crippen molar-refractivity contribution in [2.45, 2.75) is 43.6 Å². The van der Waals surface area contributed by atoms with Crippen molar-refractivity contribution >= 4 is 10.1 Å². The molecule has 1 fully saturated rings. The number of methoxy groups -OCH3 is 1. The van der Waals surface area contributed by atoms with Crippen molar-refractivity contribution in [3.05, 3.63) is 29.8 Å². The number of aryl methyl sites for hydroxylation is 1. The molecule has 2 atom stereocenters. The zero-order chi connectivity index (χ0) is 14.6. The van der Waals surface area contributed by atoms with Gasteiger partial charge in [-0.2, -0.15) is 8.42 Å². The van der Waals surface area contributed by atoms with E-state index in [1.54, 1.807) is 31.4 Å². The minimum Gasteiger partial charge on any atom is -0.381 e. The smallest absolute Gasteiger partial charge is 0.296 e. The predicted molar refractivity (Wildman–Crippen MR) is 77.1 cm³/mol. The Bertz CT molecular complexity index is 521. The van der Waals surface area contributed by atoms with Crippen molar-refractivity contribution in [1.29, 1.82) is 0 Å². The summed E-state index contributed by atoms with van der Waals surface area (Å²) in [7, 11) is -1.94. The molecular weight excluding hydrogens is 276 g/mol. The first-order valence-corrected chi connectivity index (χ1v) is 8.41. The summed E-state index contributed by atoms with van der Waals surface area (Å²) in [4.78, 5) is 0.224. The van der Waals surface area contributed by atoms with Crippen LogP contribution < -0.4 is 0 Å². The Morgan fingerprint density at radius 2 is 1.90 bits per heavy atom. The standard InChI is InChI=1S/C15H22O4S/c1-12-6-8-15(9-7-12)20(16,17)19-11-13-4-3-5-14(10-13)18-2/h6-9,13-14H,3-5,10-11H2,1-2H3/t13-,14-/m1/s1. The molecule has 0 aromatic heterocycles. The van der Waals surface area contributed by atoms with Gasteiger partial charge in [0.05, 0.1) is 17.6 Å². The Balaban J connectivity index is 1.94. The first kappa shape index (κ1) is 15.5. The SMILES string of the molecule is CO[C@@H]1CCC[C@@H](COS(=O)(=O)c2ccc(C)cc2)C1. The highest BCUT2D eigenvalue weighted by atomic mass is 32.2. The quantitative estimate of drug-likeness (QED) is 0.784. The van der Waals surface area contributed by atoms with Gasteiger partial charge in [-0.15, -0.1) is 0 Å². The van der Waals surface area contributed by atoms with Gasteiger partial charge in [-0.25, -0.2) is 0 Å². The fourth-order valence-corrected chi connectivity index (χ4v) is 3.54. The second kappa shape index (κ2) is 6.70. The zero-order valence-electron chi connectivity index (χ0n) is 12.0. The molecule has 2 rings (SSSR count). The number of rotatable bonds is 5. The molecule has 0 amide bonds. The summed E-state index contributed by atoms with van der Waals surface area (Å²) in [6.07, 6.45) is 4.23. The molecule has 0 saturated heterocycles. The lowest BCUT2D eigenvalue weighted by molar-refractivity contribution is 0.0400. The molecule has 0 spiro atoms. The van der Waals surface area contributed by atoms with Gasteiger partial charge >= 0.3 is 0 Å². The molecular formula is C15H22O4S. The average molecular weight is 298 g/mol. The van der Waals surface area contributed by atoms with Crippen LogP contribution in [0.25, 0.3) is 0 Å². The van der Waals surface area contributed by atoms with Gasteiger partial charge in [0.2, 0.25) is 0 Å². The van der Waals surface area contributed by atoms with E-state index in [0.717, 1.165) is 31.2 Å². The normalized spacial score (nSPS) is 23.7. The largest absolute Gasteiger partial charge is 0.381 e. The molecule has 0 unspecified atom stereocenters. The number of benzene rings is 1. The number of ether oxygens (including phenoxy) is 1. The fraction of sp³-hybridized carbons (Fsp3) is 0.600. The molecule has 0 aliphatic heterocycles. The zero-order valence-corrected chi connectivity index (χ0v) is 12.9. The lowest BCUT2D eigenvalue weighted by atomic mass is 9.88. The summed E-state index contributed by atoms with van der Waals surface area (Å²) >= 11 is 0. The van der Waals surface area contributed by atoms with Gasteiger partial charge in [-0.1, -0.05) is 24.1 Å². The summed E-state index contributed by atoms with van der Waals surface area (Å²) in [6, 6.07) is 6.72. The summed E-state index contributed by atoms with van der Waals surface area (Å²) in [5.41, 5.74) is 1.03. The van der Waals surface area contributed by atoms with E-state index < -0.39 is 10.1 Å². The minimum absolute atomic E-state index is 0.224. The van der Waals surface area contributed by atoms with E-state index in [1.165, 1.54) is 0 Å². The molecule has 0 radical (unpaired) electrons. The lowest BCUT2D eigenvalue weighted by Gasteiger charge is -2.27. The Labute approximate surface area is 121 Å². The maximum atomic E-state index is 12.1. The second-order valence-electron chi connectivity index (χ2n) is 5.44. The third-order valence-corrected chi connectivity index (χ3v) is 5.13. The van der Waals surface area contributed by atoms with E-state index in [4.69, 9.17) is 8.92 Å². The van der Waals surface area contributed by atoms with E-state index in [-0.39, 0.29) is 23.5 Å². The van der Waals surface area contributed by atoms with Gasteiger partial charge in [0.25, 0.3) is 10.1 Å². The van der Waals surface area contributed by atoms with Crippen LogP contribution in [0.2, 0.25) is 0 Å². The minimum atomic E-state index is -3.64. The molecule has 4 nitrogen and oxygen atoms in total. The van der Waals surface area contributed by atoms with Crippen LogP contribution in [0.15, 0.2) is 29.2 Å². The highest BCUT2D eigenvalue weighted by Crippen LogP contribution is 2.27. The topological polar surface area (TPSA) is 52.6 Å². The maximum Gasteiger partial charge on any atom is 0.296 e. The van der Waals surface area contributed by atoms with E-state index in [2.05, 4.69) is 0 Å². The molecule has 5 heteroatoms. The predicted octanol–water partition coefficient (Wildman–Crippen LogP) is 2.91. The molecule has 1 aromatic carbocycles. The molecule has 1 aliphatic rings. The first-order chi connectivity index (χ1) is 9.51. The number of hydrogen-bond donors (Lipinski definition) is 0. The van der Waals surface area contributed by atoms with Crippen LogP contribution in [-0.2, 0) is 19.0 Å². The maximum absolute atomic E-state index is 12.1. The van der Waals surface area contributed by atoms with Gasteiger partial charge < -0.3 is 4.74 Å². The van der Waals surface area contributed by atoms with Crippen LogP contribution in [0, 0.1) is 12.8 Å². The molecule has 0 N–H and O–H groups in total. The van der Waals surface area contributed by atoms with Gasteiger partial charge in [0.1, 0.15) is 0 Å². The van der Waals surface area contributed by atoms with Crippen LogP contribution in [0.5, 0.6) is 0 Å². The van der Waals surface area contributed by atoms with Crippen molar-refractivity contribution in [3.8, 4) is 0 Å². The Morgan fingerprint density at radius 3 is 2.55 bits per heavy atom. The van der Waals surface area contributed by atoms with Crippen LogP contribution in [0.1, 0.15) is 31.2 Å². The molecule has 1 aliphatic carbocycles. The van der Waals surface area contributed by atoms with Gasteiger partial charge in [0.15, 0.2) is 0 Å². The average Bonchev–Trinajstić information content (AvgIpc) is 2.46. The highest BCUT2D eigenvalue weighted by Gasteiger charge is 2.24. The summed E-state index contributed by atoms with van der Waals surface area (Å²) in [5, 5.41) is 0. The lowest BCUT2D eigenvalue weighted by Crippen LogP contribution is -2.25. The monoisotopic (exact) mass is 298 g/mol. The molecule has 1 aromatic rings. The van der Waals surface area contributed by atoms with Crippen molar-refractivity contribution < 1.29 is 17.3 Å². The molecule has 0 heterocycles. The molecule has 20 heavy (non-hydrogen) atoms. The van der Waals surface area contributed by atoms with Crippen molar-refractivity contribution in [3.63, 3.8) is 0 Å². The molecule has 1 saturated carbocycles. The fourth-order valence-electron chi connectivity index (χ4n) is 2.57. The van der Waals surface area contributed by atoms with E-state index in [1.807, 2.05) is 6.92 Å². The number of hydrogen-bond acceptors (Lipinski definition) is 4. The highest BCUT2D eigenvalue weighted by molar-refractivity contribution is 7.86. The Kier molecular flexibility index (Phi) is 5.18. The third kappa shape index (κ3) is 4.04. The second-order valence-corrected chi connectivity index (χ2v) is 7.06. The Morgan fingerprint density at radius 1 is 1.20 bits per heavy atom. The van der Waals surface area contributed by atoms with Crippen LogP contribution >= 0.6 is 0 Å². The Hall–Kier alpha value is -0.910. The first-order valence-electron chi connectivity index (χ1n) is 7.00. The summed E-state index contributed by atoms with van der Waals surface area (Å²) in [6.45, 7) is 2.17. The van der Waals surface area contributed by atoms with Gasteiger partial charge in [-0.05, 0) is 44.2 Å². The van der Waals surface area contributed by atoms with Crippen molar-refractivity contribution in [1.82, 2.24) is 0 Å². The van der Waals surface area contributed by atoms with Crippen LogP contribution in [0.4, 0.5) is 0 Å². The van der Waals surface area contributed by atoms with Crippen LogP contribution in [0.3, 0.4) is 0 Å². The summed E-state index contributed by atoms with van der Waals surface area (Å²) in [5.74, 6) is 0.258. The van der Waals surface area contributed by atoms with Crippen molar-refractivity contribution in [2.24, 2.45) is 5.92 Å². The molecule has 0 bridgehead atoms. The summed E-state index contributed by atoms with van der Waals surface area (Å²) < 4.78 is 34.7. The third-order valence-electron chi connectivity index (χ3n) is 3.84. The van der Waals surface area contributed by atoms with Crippen molar-refractivity contribution in [2.75, 3.05) is 13.7 Å².